The van der Waals surface area contributed by atoms with Crippen LogP contribution in [-0.4, -0.2) is 66.9 Å². The van der Waals surface area contributed by atoms with E-state index in [0.717, 1.165) is 44.9 Å². The minimum atomic E-state index is -0.782. The number of aliphatic hydroxyl groups is 1. The molecule has 1 N–H and O–H groups in total. The Morgan fingerprint density at radius 1 is 1.18 bits per heavy atom. The zero-order chi connectivity index (χ0) is 16.1. The van der Waals surface area contributed by atoms with Crippen LogP contribution >= 0.6 is 15.9 Å². The summed E-state index contributed by atoms with van der Waals surface area (Å²) in [6, 6.07) is 2.27. The number of hydrogen-bond acceptors (Lipinski definition) is 4. The van der Waals surface area contributed by atoms with Gasteiger partial charge in [0.05, 0.1) is 0 Å². The summed E-state index contributed by atoms with van der Waals surface area (Å²) in [7, 11) is 0. The number of β-amino-alcohol motifs (C(OH)–C–C–N with tert-alkyl or cyclic N) is 1. The van der Waals surface area contributed by atoms with E-state index in [0.29, 0.717) is 11.0 Å². The summed E-state index contributed by atoms with van der Waals surface area (Å²) in [4.78, 5) is 4.47. The summed E-state index contributed by atoms with van der Waals surface area (Å²) in [6.45, 7) is 7.17. The average molecular weight is 379 g/mol. The molecule has 0 spiro atoms. The van der Waals surface area contributed by atoms with Crippen molar-refractivity contribution in [3.8, 4) is 5.75 Å². The molecule has 1 aromatic carbocycles. The van der Waals surface area contributed by atoms with Gasteiger partial charge in [-0.25, -0.2) is 8.78 Å². The molecule has 0 aliphatic carbocycles. The molecule has 0 aromatic heterocycles. The van der Waals surface area contributed by atoms with E-state index in [1.807, 2.05) is 0 Å². The smallest absolute Gasteiger partial charge is 0.190 e. The zero-order valence-electron chi connectivity index (χ0n) is 12.6. The van der Waals surface area contributed by atoms with E-state index >= 15 is 0 Å². The summed E-state index contributed by atoms with van der Waals surface area (Å²) in [5.74, 6) is -2.01. The van der Waals surface area contributed by atoms with Crippen molar-refractivity contribution in [3.63, 3.8) is 0 Å². The Balaban J connectivity index is 1.80. The highest BCUT2D eigenvalue weighted by Crippen LogP contribution is 2.26. The van der Waals surface area contributed by atoms with Gasteiger partial charge in [0.2, 0.25) is 0 Å². The maximum absolute atomic E-state index is 13.6. The normalized spacial score (nSPS) is 18.4. The number of halogens is 3. The predicted octanol–water partition coefficient (Wildman–Crippen LogP) is 2.10. The van der Waals surface area contributed by atoms with Crippen molar-refractivity contribution in [1.82, 2.24) is 9.80 Å². The van der Waals surface area contributed by atoms with E-state index in [1.165, 1.54) is 0 Å². The molecule has 0 unspecified atom stereocenters. The molecule has 0 bridgehead atoms. The standard InChI is InChI=1S/C15H21BrF2N2O2/c1-2-19-3-5-20(6-4-19)9-12(21)10-22-15-13(17)7-11(16)8-14(15)18/h7-8,12,21H,2-6,9-10H2,1H3/t12-/m0/s1. The molecule has 4 nitrogen and oxygen atoms in total. The van der Waals surface area contributed by atoms with Gasteiger partial charge in [-0.2, -0.15) is 0 Å². The van der Waals surface area contributed by atoms with Gasteiger partial charge < -0.3 is 14.7 Å². The summed E-state index contributed by atoms with van der Waals surface area (Å²) in [5, 5.41) is 9.99. The number of benzene rings is 1. The number of aliphatic hydroxyl groups excluding tert-OH is 1. The third-order valence-corrected chi connectivity index (χ3v) is 4.22. The quantitative estimate of drug-likeness (QED) is 0.822. The van der Waals surface area contributed by atoms with Gasteiger partial charge in [0, 0.05) is 37.2 Å². The molecular formula is C15H21BrF2N2O2. The van der Waals surface area contributed by atoms with Crippen molar-refractivity contribution >= 4 is 15.9 Å². The Kier molecular flexibility index (Phi) is 6.55. The summed E-state index contributed by atoms with van der Waals surface area (Å²) in [6.07, 6.45) is -0.782. The monoisotopic (exact) mass is 378 g/mol. The molecule has 1 heterocycles. The number of hydrogen-bond donors (Lipinski definition) is 1. The van der Waals surface area contributed by atoms with Crippen LogP contribution in [-0.2, 0) is 0 Å². The molecule has 0 amide bonds. The molecule has 7 heteroatoms. The molecule has 1 saturated heterocycles. The zero-order valence-corrected chi connectivity index (χ0v) is 14.2. The van der Waals surface area contributed by atoms with Crippen molar-refractivity contribution in [2.45, 2.75) is 13.0 Å². The van der Waals surface area contributed by atoms with Crippen LogP contribution in [0.3, 0.4) is 0 Å². The van der Waals surface area contributed by atoms with Gasteiger partial charge in [0.25, 0.3) is 0 Å². The van der Waals surface area contributed by atoms with Gasteiger partial charge >= 0.3 is 0 Å². The fourth-order valence-electron chi connectivity index (χ4n) is 2.49. The summed E-state index contributed by atoms with van der Waals surface area (Å²) in [5.41, 5.74) is 0. The fourth-order valence-corrected chi connectivity index (χ4v) is 2.89. The lowest BCUT2D eigenvalue weighted by molar-refractivity contribution is 0.0451. The lowest BCUT2D eigenvalue weighted by Gasteiger charge is -2.34. The van der Waals surface area contributed by atoms with E-state index in [1.54, 1.807) is 0 Å². The van der Waals surface area contributed by atoms with Crippen molar-refractivity contribution in [3.05, 3.63) is 28.2 Å². The topological polar surface area (TPSA) is 35.9 Å². The van der Waals surface area contributed by atoms with Gasteiger partial charge in [0.1, 0.15) is 12.7 Å². The largest absolute Gasteiger partial charge is 0.485 e. The van der Waals surface area contributed by atoms with E-state index < -0.39 is 23.5 Å². The van der Waals surface area contributed by atoms with E-state index in [4.69, 9.17) is 4.74 Å². The van der Waals surface area contributed by atoms with Gasteiger partial charge in [-0.05, 0) is 18.7 Å². The Labute approximate surface area is 137 Å². The first kappa shape index (κ1) is 17.6. The van der Waals surface area contributed by atoms with Crippen molar-refractivity contribution < 1.29 is 18.6 Å². The van der Waals surface area contributed by atoms with Crippen LogP contribution in [0.1, 0.15) is 6.92 Å². The molecule has 1 atom stereocenters. The first-order chi connectivity index (χ1) is 10.5. The summed E-state index contributed by atoms with van der Waals surface area (Å²) < 4.78 is 32.6. The van der Waals surface area contributed by atoms with E-state index in [-0.39, 0.29) is 6.61 Å². The van der Waals surface area contributed by atoms with Crippen LogP contribution in [0.5, 0.6) is 5.75 Å². The van der Waals surface area contributed by atoms with Crippen LogP contribution < -0.4 is 4.74 Å². The molecule has 0 saturated carbocycles. The van der Waals surface area contributed by atoms with Crippen molar-refractivity contribution in [1.29, 1.82) is 0 Å². The highest BCUT2D eigenvalue weighted by molar-refractivity contribution is 9.10. The minimum Gasteiger partial charge on any atom is -0.485 e. The second-order valence-electron chi connectivity index (χ2n) is 5.40. The van der Waals surface area contributed by atoms with Gasteiger partial charge in [-0.3, -0.25) is 4.90 Å². The third-order valence-electron chi connectivity index (χ3n) is 3.76. The first-order valence-corrected chi connectivity index (χ1v) is 8.19. The maximum atomic E-state index is 13.6. The second-order valence-corrected chi connectivity index (χ2v) is 6.31. The Morgan fingerprint density at radius 3 is 2.27 bits per heavy atom. The van der Waals surface area contributed by atoms with E-state index in [2.05, 4.69) is 32.7 Å². The molecule has 1 aromatic rings. The van der Waals surface area contributed by atoms with Gasteiger partial charge in [0.15, 0.2) is 17.4 Å². The van der Waals surface area contributed by atoms with Crippen molar-refractivity contribution in [2.24, 2.45) is 0 Å². The maximum Gasteiger partial charge on any atom is 0.190 e. The molecule has 1 aliphatic rings. The van der Waals surface area contributed by atoms with Crippen LogP contribution in [0.2, 0.25) is 0 Å². The number of likely N-dealkylation sites (N-methyl/N-ethyl adjacent to an activating group) is 1. The SMILES string of the molecule is CCN1CCN(C[C@H](O)COc2c(F)cc(Br)cc2F)CC1. The predicted molar refractivity (Wildman–Crippen MR) is 84.1 cm³/mol. The molecule has 0 radical (unpaired) electrons. The molecule has 1 aliphatic heterocycles. The Morgan fingerprint density at radius 2 is 1.73 bits per heavy atom. The highest BCUT2D eigenvalue weighted by Gasteiger charge is 2.19. The minimum absolute atomic E-state index is 0.135. The average Bonchev–Trinajstić information content (AvgIpc) is 2.47. The Bertz CT molecular complexity index is 473. The number of ether oxygens (including phenoxy) is 1. The number of nitrogens with zero attached hydrogens (tertiary/aromatic N) is 2. The lowest BCUT2D eigenvalue weighted by Crippen LogP contribution is -2.49. The first-order valence-electron chi connectivity index (χ1n) is 7.39. The van der Waals surface area contributed by atoms with Gasteiger partial charge in [-0.1, -0.05) is 22.9 Å². The Hall–Kier alpha value is -0.760. The molecule has 22 heavy (non-hydrogen) atoms. The van der Waals surface area contributed by atoms with E-state index in [9.17, 15) is 13.9 Å². The third kappa shape index (κ3) is 4.87. The number of rotatable bonds is 6. The molecule has 1 fully saturated rings. The molecule has 124 valence electrons. The second kappa shape index (κ2) is 8.19. The van der Waals surface area contributed by atoms with Crippen LogP contribution in [0.4, 0.5) is 8.78 Å². The van der Waals surface area contributed by atoms with Crippen LogP contribution in [0.25, 0.3) is 0 Å². The van der Waals surface area contributed by atoms with Crippen LogP contribution in [0, 0.1) is 11.6 Å². The highest BCUT2D eigenvalue weighted by atomic mass is 79.9. The molecule has 2 rings (SSSR count). The fraction of sp³-hybridized carbons (Fsp3) is 0.600. The van der Waals surface area contributed by atoms with Crippen molar-refractivity contribution in [2.75, 3.05) is 45.9 Å². The summed E-state index contributed by atoms with van der Waals surface area (Å²) >= 11 is 3.01. The van der Waals surface area contributed by atoms with Gasteiger partial charge in [-0.15, -0.1) is 0 Å². The lowest BCUT2D eigenvalue weighted by atomic mass is 10.2. The molecular weight excluding hydrogens is 358 g/mol. The number of piperazine rings is 1. The van der Waals surface area contributed by atoms with Crippen LogP contribution in [0.15, 0.2) is 16.6 Å².